The molecule has 0 spiro atoms. The highest BCUT2D eigenvalue weighted by Gasteiger charge is 2.08. The Kier molecular flexibility index (Phi) is 5.57. The molecule has 23 heavy (non-hydrogen) atoms. The largest absolute Gasteiger partial charge is 0.492 e. The Morgan fingerprint density at radius 1 is 1.30 bits per heavy atom. The van der Waals surface area contributed by atoms with Gasteiger partial charge in [0.2, 0.25) is 0 Å². The molecule has 0 aromatic heterocycles. The summed E-state index contributed by atoms with van der Waals surface area (Å²) in [6.45, 7) is 2.44. The first kappa shape index (κ1) is 16.4. The van der Waals surface area contributed by atoms with Crippen molar-refractivity contribution in [2.45, 2.75) is 6.92 Å². The summed E-state index contributed by atoms with van der Waals surface area (Å²) in [5.74, 6) is 0.259. The summed E-state index contributed by atoms with van der Waals surface area (Å²) in [6.07, 6.45) is 1.59. The van der Waals surface area contributed by atoms with Gasteiger partial charge in [0, 0.05) is 5.56 Å². The average Bonchev–Trinajstić information content (AvgIpc) is 2.55. The molecule has 6 heteroatoms. The number of carbonyl (C=O) groups is 1. The molecule has 0 atom stereocenters. The number of benzene rings is 2. The molecule has 0 fully saturated rings. The van der Waals surface area contributed by atoms with E-state index in [0.29, 0.717) is 23.8 Å². The van der Waals surface area contributed by atoms with Gasteiger partial charge in [-0.1, -0.05) is 12.1 Å². The van der Waals surface area contributed by atoms with E-state index in [1.165, 1.54) is 12.1 Å². The van der Waals surface area contributed by atoms with Crippen molar-refractivity contribution in [3.05, 3.63) is 53.6 Å². The third-order valence-corrected chi connectivity index (χ3v) is 3.02. The Bertz CT molecular complexity index is 713. The summed E-state index contributed by atoms with van der Waals surface area (Å²) in [5, 5.41) is 13.1. The Balaban J connectivity index is 2.16. The van der Waals surface area contributed by atoms with E-state index < -0.39 is 5.97 Å². The molecule has 0 aliphatic rings. The van der Waals surface area contributed by atoms with Crippen molar-refractivity contribution in [2.75, 3.05) is 19.1 Å². The number of ether oxygens (including phenoxy) is 2. The number of methoxy groups -OCH3 is 1. The van der Waals surface area contributed by atoms with E-state index in [-0.39, 0.29) is 5.56 Å². The van der Waals surface area contributed by atoms with Gasteiger partial charge in [0.1, 0.15) is 0 Å². The van der Waals surface area contributed by atoms with Crippen molar-refractivity contribution in [3.63, 3.8) is 0 Å². The molecule has 2 N–H and O–H groups in total. The minimum absolute atomic E-state index is 0.195. The third-order valence-electron chi connectivity index (χ3n) is 3.02. The van der Waals surface area contributed by atoms with Crippen LogP contribution in [0.25, 0.3) is 0 Å². The number of carboxylic acid groups (broad SMARTS) is 1. The van der Waals surface area contributed by atoms with Crippen LogP contribution in [-0.4, -0.2) is 31.0 Å². The summed E-state index contributed by atoms with van der Waals surface area (Å²) in [7, 11) is 1.57. The molecule has 0 amide bonds. The monoisotopic (exact) mass is 314 g/mol. The molecule has 2 aromatic rings. The summed E-state index contributed by atoms with van der Waals surface area (Å²) in [5.41, 5.74) is 4.33. The molecule has 0 saturated carbocycles. The number of hydrazone groups is 1. The lowest BCUT2D eigenvalue weighted by molar-refractivity contribution is 0.0697. The van der Waals surface area contributed by atoms with Gasteiger partial charge in [-0.05, 0) is 37.3 Å². The quantitative estimate of drug-likeness (QED) is 0.606. The minimum atomic E-state index is -0.983. The number of nitrogens with zero attached hydrogens (tertiary/aromatic N) is 1. The van der Waals surface area contributed by atoms with Gasteiger partial charge in [-0.25, -0.2) is 4.79 Å². The lowest BCUT2D eigenvalue weighted by atomic mass is 10.2. The second-order valence-corrected chi connectivity index (χ2v) is 4.57. The van der Waals surface area contributed by atoms with Crippen LogP contribution in [-0.2, 0) is 0 Å². The first-order valence-corrected chi connectivity index (χ1v) is 7.08. The number of rotatable bonds is 7. The predicted octanol–water partition coefficient (Wildman–Crippen LogP) is 3.24. The molecule has 0 bridgehead atoms. The number of hydrogen-bond donors (Lipinski definition) is 2. The maximum absolute atomic E-state index is 10.9. The smallest absolute Gasteiger partial charge is 0.335 e. The zero-order chi connectivity index (χ0) is 16.7. The Morgan fingerprint density at radius 3 is 2.78 bits per heavy atom. The molecule has 0 aliphatic heterocycles. The molecule has 2 aromatic carbocycles. The van der Waals surface area contributed by atoms with Crippen molar-refractivity contribution in [1.82, 2.24) is 0 Å². The van der Waals surface area contributed by atoms with E-state index in [0.717, 1.165) is 5.56 Å². The van der Waals surface area contributed by atoms with Crippen LogP contribution in [0.4, 0.5) is 5.69 Å². The van der Waals surface area contributed by atoms with E-state index in [1.54, 1.807) is 25.5 Å². The molecule has 120 valence electrons. The first-order valence-electron chi connectivity index (χ1n) is 7.08. The standard InChI is InChI=1S/C17H18N2O4/c1-3-23-15-9-5-7-13(16(15)22-2)11-18-19-14-8-4-6-12(10-14)17(20)21/h4-11,19H,3H2,1-2H3,(H,20,21)/b18-11+. The van der Waals surface area contributed by atoms with Crippen molar-refractivity contribution in [2.24, 2.45) is 5.10 Å². The maximum atomic E-state index is 10.9. The molecular weight excluding hydrogens is 296 g/mol. The molecule has 0 unspecified atom stereocenters. The summed E-state index contributed by atoms with van der Waals surface area (Å²) >= 11 is 0. The topological polar surface area (TPSA) is 80.2 Å². The van der Waals surface area contributed by atoms with E-state index in [9.17, 15) is 4.79 Å². The molecule has 0 heterocycles. The Hall–Kier alpha value is -3.02. The first-order chi connectivity index (χ1) is 11.2. The maximum Gasteiger partial charge on any atom is 0.335 e. The lowest BCUT2D eigenvalue weighted by Crippen LogP contribution is -2.00. The van der Waals surface area contributed by atoms with Crippen LogP contribution in [0, 0.1) is 0 Å². The summed E-state index contributed by atoms with van der Waals surface area (Å²) < 4.78 is 10.9. The zero-order valence-electron chi connectivity index (χ0n) is 12.9. The molecule has 0 aliphatic carbocycles. The van der Waals surface area contributed by atoms with Gasteiger partial charge in [-0.3, -0.25) is 5.43 Å². The van der Waals surface area contributed by atoms with E-state index >= 15 is 0 Å². The van der Waals surface area contributed by atoms with Crippen LogP contribution < -0.4 is 14.9 Å². The van der Waals surface area contributed by atoms with Crippen LogP contribution in [0.3, 0.4) is 0 Å². The van der Waals surface area contributed by atoms with Gasteiger partial charge in [0.15, 0.2) is 11.5 Å². The van der Waals surface area contributed by atoms with Gasteiger partial charge in [-0.15, -0.1) is 0 Å². The van der Waals surface area contributed by atoms with Crippen molar-refractivity contribution in [1.29, 1.82) is 0 Å². The van der Waals surface area contributed by atoms with Gasteiger partial charge >= 0.3 is 5.97 Å². The average molecular weight is 314 g/mol. The molecule has 2 rings (SSSR count). The number of carboxylic acids is 1. The second kappa shape index (κ2) is 7.84. The SMILES string of the molecule is CCOc1cccc(/C=N/Nc2cccc(C(=O)O)c2)c1OC. The second-order valence-electron chi connectivity index (χ2n) is 4.57. The third kappa shape index (κ3) is 4.23. The van der Waals surface area contributed by atoms with Crippen LogP contribution in [0.15, 0.2) is 47.6 Å². The summed E-state index contributed by atoms with van der Waals surface area (Å²) in [6, 6.07) is 11.9. The normalized spacial score (nSPS) is 10.5. The van der Waals surface area contributed by atoms with E-state index in [4.69, 9.17) is 14.6 Å². The van der Waals surface area contributed by atoms with Crippen molar-refractivity contribution >= 4 is 17.9 Å². The van der Waals surface area contributed by atoms with Crippen LogP contribution in [0.2, 0.25) is 0 Å². The number of nitrogens with one attached hydrogen (secondary N) is 1. The molecular formula is C17H18N2O4. The minimum Gasteiger partial charge on any atom is -0.492 e. The fourth-order valence-electron chi connectivity index (χ4n) is 2.02. The van der Waals surface area contributed by atoms with Crippen molar-refractivity contribution in [3.8, 4) is 11.5 Å². The predicted molar refractivity (Wildman–Crippen MR) is 88.8 cm³/mol. The number of anilines is 1. The number of hydrogen-bond acceptors (Lipinski definition) is 5. The van der Waals surface area contributed by atoms with Crippen LogP contribution in [0.1, 0.15) is 22.8 Å². The van der Waals surface area contributed by atoms with E-state index in [2.05, 4.69) is 10.5 Å². The van der Waals surface area contributed by atoms with Gasteiger partial charge < -0.3 is 14.6 Å². The zero-order valence-corrected chi connectivity index (χ0v) is 12.9. The number of aromatic carboxylic acids is 1. The molecule has 6 nitrogen and oxygen atoms in total. The highest BCUT2D eigenvalue weighted by atomic mass is 16.5. The van der Waals surface area contributed by atoms with Gasteiger partial charge in [0.05, 0.1) is 31.2 Å². The van der Waals surface area contributed by atoms with E-state index in [1.807, 2.05) is 25.1 Å². The van der Waals surface area contributed by atoms with Crippen molar-refractivity contribution < 1.29 is 19.4 Å². The van der Waals surface area contributed by atoms with Crippen LogP contribution in [0.5, 0.6) is 11.5 Å². The van der Waals surface area contributed by atoms with Gasteiger partial charge in [-0.2, -0.15) is 5.10 Å². The highest BCUT2D eigenvalue weighted by molar-refractivity contribution is 5.89. The lowest BCUT2D eigenvalue weighted by Gasteiger charge is -2.11. The highest BCUT2D eigenvalue weighted by Crippen LogP contribution is 2.29. The molecule has 0 saturated heterocycles. The fourth-order valence-corrected chi connectivity index (χ4v) is 2.02. The number of para-hydroxylation sites is 1. The summed E-state index contributed by atoms with van der Waals surface area (Å²) in [4.78, 5) is 10.9. The van der Waals surface area contributed by atoms with Gasteiger partial charge in [0.25, 0.3) is 0 Å². The Labute approximate surface area is 134 Å². The molecule has 0 radical (unpaired) electrons. The van der Waals surface area contributed by atoms with Crippen LogP contribution >= 0.6 is 0 Å². The Morgan fingerprint density at radius 2 is 2.09 bits per heavy atom. The fraction of sp³-hybridized carbons (Fsp3) is 0.176.